The second kappa shape index (κ2) is 8.86. The molecule has 0 aliphatic heterocycles. The number of carbonyl (C=O) groups excluding carboxylic acids is 3. The van der Waals surface area contributed by atoms with Gasteiger partial charge in [0.2, 0.25) is 5.91 Å². The fourth-order valence-electron chi connectivity index (χ4n) is 1.83. The van der Waals surface area contributed by atoms with Gasteiger partial charge in [0.25, 0.3) is 0 Å². The Labute approximate surface area is 143 Å². The van der Waals surface area contributed by atoms with E-state index in [0.717, 1.165) is 0 Å². The minimum atomic E-state index is -1.15. The highest BCUT2D eigenvalue weighted by molar-refractivity contribution is 5.95. The van der Waals surface area contributed by atoms with Gasteiger partial charge in [0.05, 0.1) is 0 Å². The van der Waals surface area contributed by atoms with E-state index in [4.69, 9.17) is 20.9 Å². The minimum Gasteiger partial charge on any atom is -0.443 e. The number of nitrogens with two attached hydrogens (primary N) is 2. The summed E-state index contributed by atoms with van der Waals surface area (Å²) in [5.41, 5.74) is 9.16. The maximum Gasteiger partial charge on any atom is 0.420 e. The third-order valence-corrected chi connectivity index (χ3v) is 2.75. The minimum absolute atomic E-state index is 0.199. The molecular weight excluding hydrogens is 314 g/mol. The molecular formula is C16H31N3O5. The van der Waals surface area contributed by atoms with Crippen LogP contribution in [-0.4, -0.2) is 46.8 Å². The molecule has 4 N–H and O–H groups in total. The first kappa shape index (κ1) is 22.2. The van der Waals surface area contributed by atoms with Crippen LogP contribution in [0.4, 0.5) is 9.59 Å². The summed E-state index contributed by atoms with van der Waals surface area (Å²) in [6, 6.07) is -1.15. The quantitative estimate of drug-likeness (QED) is 0.710. The summed E-state index contributed by atoms with van der Waals surface area (Å²) in [4.78, 5) is 37.3. The van der Waals surface area contributed by atoms with Gasteiger partial charge < -0.3 is 20.9 Å². The SMILES string of the molecule is CC(C)(C)OC(=O)N(C(=O)OC(C)(C)C)[C@@H](CCCCN)C(N)=O. The Hall–Kier alpha value is -1.83. The van der Waals surface area contributed by atoms with Gasteiger partial charge in [0.1, 0.15) is 17.2 Å². The molecule has 0 saturated heterocycles. The second-order valence-corrected chi connectivity index (χ2v) is 7.53. The van der Waals surface area contributed by atoms with Crippen molar-refractivity contribution in [2.75, 3.05) is 6.54 Å². The Morgan fingerprint density at radius 1 is 0.917 bits per heavy atom. The molecule has 0 unspecified atom stereocenters. The van der Waals surface area contributed by atoms with Gasteiger partial charge >= 0.3 is 12.2 Å². The van der Waals surface area contributed by atoms with E-state index >= 15 is 0 Å². The highest BCUT2D eigenvalue weighted by Crippen LogP contribution is 2.19. The number of amides is 3. The molecule has 24 heavy (non-hydrogen) atoms. The first-order valence-corrected chi connectivity index (χ1v) is 8.03. The molecule has 0 saturated carbocycles. The predicted molar refractivity (Wildman–Crippen MR) is 90.2 cm³/mol. The van der Waals surface area contributed by atoms with E-state index in [0.29, 0.717) is 24.3 Å². The third-order valence-electron chi connectivity index (χ3n) is 2.75. The average molecular weight is 345 g/mol. The van der Waals surface area contributed by atoms with Gasteiger partial charge in [-0.1, -0.05) is 0 Å². The molecule has 8 nitrogen and oxygen atoms in total. The van der Waals surface area contributed by atoms with Crippen LogP contribution in [0.3, 0.4) is 0 Å². The molecule has 0 aliphatic carbocycles. The standard InChI is InChI=1S/C16H31N3O5/c1-15(2,3)23-13(21)19(14(22)24-16(4,5)6)11(12(18)20)9-7-8-10-17/h11H,7-10,17H2,1-6H3,(H2,18,20)/t11-/m0/s1. The van der Waals surface area contributed by atoms with Gasteiger partial charge in [0.15, 0.2) is 0 Å². The lowest BCUT2D eigenvalue weighted by Crippen LogP contribution is -2.53. The Kier molecular flexibility index (Phi) is 8.19. The molecule has 0 aromatic carbocycles. The Morgan fingerprint density at radius 2 is 1.33 bits per heavy atom. The zero-order chi connectivity index (χ0) is 19.1. The van der Waals surface area contributed by atoms with E-state index in [1.54, 1.807) is 41.5 Å². The number of ether oxygens (including phenoxy) is 2. The van der Waals surface area contributed by atoms with E-state index in [-0.39, 0.29) is 6.42 Å². The van der Waals surface area contributed by atoms with Crippen molar-refractivity contribution >= 4 is 18.1 Å². The molecule has 1 atom stereocenters. The smallest absolute Gasteiger partial charge is 0.420 e. The van der Waals surface area contributed by atoms with E-state index < -0.39 is 35.3 Å². The summed E-state index contributed by atoms with van der Waals surface area (Å²) in [5, 5.41) is 0. The van der Waals surface area contributed by atoms with Gasteiger partial charge in [-0.2, -0.15) is 4.90 Å². The first-order chi connectivity index (χ1) is 10.8. The number of imide groups is 1. The number of hydrogen-bond acceptors (Lipinski definition) is 6. The fraction of sp³-hybridized carbons (Fsp3) is 0.812. The van der Waals surface area contributed by atoms with Crippen molar-refractivity contribution in [3.05, 3.63) is 0 Å². The fourth-order valence-corrected chi connectivity index (χ4v) is 1.83. The van der Waals surface area contributed by atoms with Crippen LogP contribution in [0.1, 0.15) is 60.8 Å². The number of hydrogen-bond donors (Lipinski definition) is 2. The van der Waals surface area contributed by atoms with Crippen molar-refractivity contribution in [2.24, 2.45) is 11.5 Å². The molecule has 0 bridgehead atoms. The van der Waals surface area contributed by atoms with Crippen LogP contribution in [0, 0.1) is 0 Å². The van der Waals surface area contributed by atoms with Crippen molar-refractivity contribution in [1.82, 2.24) is 4.90 Å². The molecule has 0 aromatic rings. The highest BCUT2D eigenvalue weighted by atomic mass is 16.6. The van der Waals surface area contributed by atoms with Crippen molar-refractivity contribution in [1.29, 1.82) is 0 Å². The van der Waals surface area contributed by atoms with E-state index in [2.05, 4.69) is 0 Å². The number of carbonyl (C=O) groups is 3. The van der Waals surface area contributed by atoms with Crippen molar-refractivity contribution in [3.63, 3.8) is 0 Å². The molecule has 0 spiro atoms. The lowest BCUT2D eigenvalue weighted by atomic mass is 10.1. The van der Waals surface area contributed by atoms with Gasteiger partial charge in [-0.15, -0.1) is 0 Å². The summed E-state index contributed by atoms with van der Waals surface area (Å²) in [6.45, 7) is 10.4. The molecule has 0 aliphatic rings. The average Bonchev–Trinajstić information content (AvgIpc) is 2.32. The first-order valence-electron chi connectivity index (χ1n) is 8.03. The maximum atomic E-state index is 12.4. The summed E-state index contributed by atoms with van der Waals surface area (Å²) in [6.07, 6.45) is -0.557. The second-order valence-electron chi connectivity index (χ2n) is 7.53. The molecule has 0 aromatic heterocycles. The maximum absolute atomic E-state index is 12.4. The highest BCUT2D eigenvalue weighted by Gasteiger charge is 2.39. The zero-order valence-corrected chi connectivity index (χ0v) is 15.5. The van der Waals surface area contributed by atoms with Gasteiger partial charge in [-0.05, 0) is 67.3 Å². The van der Waals surface area contributed by atoms with Crippen LogP contribution in [0.15, 0.2) is 0 Å². The van der Waals surface area contributed by atoms with Crippen LogP contribution in [0.2, 0.25) is 0 Å². The molecule has 0 rings (SSSR count). The summed E-state index contributed by atoms with van der Waals surface area (Å²) < 4.78 is 10.5. The van der Waals surface area contributed by atoms with E-state index in [1.807, 2.05) is 0 Å². The summed E-state index contributed by atoms with van der Waals surface area (Å²) in [5.74, 6) is -0.802. The van der Waals surface area contributed by atoms with Gasteiger partial charge in [-0.3, -0.25) is 4.79 Å². The van der Waals surface area contributed by atoms with Crippen molar-refractivity contribution in [3.8, 4) is 0 Å². The number of rotatable bonds is 6. The largest absolute Gasteiger partial charge is 0.443 e. The lowest BCUT2D eigenvalue weighted by molar-refractivity contribution is -0.123. The monoisotopic (exact) mass is 345 g/mol. The predicted octanol–water partition coefficient (Wildman–Crippen LogP) is 2.14. The van der Waals surface area contributed by atoms with Crippen LogP contribution >= 0.6 is 0 Å². The van der Waals surface area contributed by atoms with Crippen LogP contribution in [0.5, 0.6) is 0 Å². The van der Waals surface area contributed by atoms with Crippen LogP contribution in [0.25, 0.3) is 0 Å². The van der Waals surface area contributed by atoms with E-state index in [9.17, 15) is 14.4 Å². The molecule has 8 heteroatoms. The van der Waals surface area contributed by atoms with Crippen molar-refractivity contribution in [2.45, 2.75) is 78.0 Å². The normalized spacial score (nSPS) is 13.1. The number of primary amides is 1. The van der Waals surface area contributed by atoms with Crippen LogP contribution in [-0.2, 0) is 14.3 Å². The van der Waals surface area contributed by atoms with Crippen LogP contribution < -0.4 is 11.5 Å². The third kappa shape index (κ3) is 8.71. The van der Waals surface area contributed by atoms with E-state index in [1.165, 1.54) is 0 Å². The Bertz CT molecular complexity index is 424. The molecule has 0 heterocycles. The number of nitrogens with zero attached hydrogens (tertiary/aromatic N) is 1. The van der Waals surface area contributed by atoms with Gasteiger partial charge in [-0.25, -0.2) is 9.59 Å². The molecule has 0 fully saturated rings. The van der Waals surface area contributed by atoms with Gasteiger partial charge in [0, 0.05) is 0 Å². The zero-order valence-electron chi connectivity index (χ0n) is 15.5. The molecule has 0 radical (unpaired) electrons. The molecule has 3 amide bonds. The summed E-state index contributed by atoms with van der Waals surface area (Å²) in [7, 11) is 0. The lowest BCUT2D eigenvalue weighted by Gasteiger charge is -2.32. The summed E-state index contributed by atoms with van der Waals surface area (Å²) >= 11 is 0. The Morgan fingerprint density at radius 3 is 1.62 bits per heavy atom. The Balaban J connectivity index is 5.50. The van der Waals surface area contributed by atoms with Crippen molar-refractivity contribution < 1.29 is 23.9 Å². The topological polar surface area (TPSA) is 125 Å². The number of unbranched alkanes of at least 4 members (excludes halogenated alkanes) is 1. The molecule has 140 valence electrons.